The monoisotopic (exact) mass is 580 g/mol. The van der Waals surface area contributed by atoms with Gasteiger partial charge >= 0.3 is 5.97 Å². The third-order valence-electron chi connectivity index (χ3n) is 7.71. The number of benzene rings is 2. The minimum atomic E-state index is -0.258. The normalized spacial score (nSPS) is 15.8. The van der Waals surface area contributed by atoms with Crippen molar-refractivity contribution in [3.8, 4) is 5.75 Å². The highest BCUT2D eigenvalue weighted by molar-refractivity contribution is 7.13. The summed E-state index contributed by atoms with van der Waals surface area (Å²) in [7, 11) is 3.11. The second-order valence-corrected chi connectivity index (χ2v) is 12.1. The zero-order valence-electron chi connectivity index (χ0n) is 23.9. The molecule has 0 radical (unpaired) electrons. The molecule has 1 aromatic heterocycles. The van der Waals surface area contributed by atoms with Crippen LogP contribution in [0, 0.1) is 5.92 Å². The number of methoxy groups -OCH3 is 2. The van der Waals surface area contributed by atoms with E-state index in [1.165, 1.54) is 52.9 Å². The van der Waals surface area contributed by atoms with Gasteiger partial charge in [0.1, 0.15) is 10.6 Å². The molecule has 1 aliphatic carbocycles. The smallest absolute Gasteiger partial charge is 0.348 e. The lowest BCUT2D eigenvalue weighted by atomic mass is 9.89. The molecule has 0 fully saturated rings. The van der Waals surface area contributed by atoms with Crippen LogP contribution in [0.15, 0.2) is 65.7 Å². The molecule has 2 atom stereocenters. The number of esters is 1. The number of allylic oxidation sites excluding steroid dienone is 2. The van der Waals surface area contributed by atoms with Crippen molar-refractivity contribution in [1.82, 2.24) is 0 Å². The van der Waals surface area contributed by atoms with Crippen LogP contribution < -0.4 is 4.74 Å². The molecule has 1 heterocycles. The van der Waals surface area contributed by atoms with Crippen LogP contribution in [0.3, 0.4) is 0 Å². The first-order valence-corrected chi connectivity index (χ1v) is 15.6. The van der Waals surface area contributed by atoms with E-state index in [1.807, 2.05) is 24.3 Å². The van der Waals surface area contributed by atoms with Gasteiger partial charge in [-0.1, -0.05) is 74.2 Å². The van der Waals surface area contributed by atoms with E-state index < -0.39 is 0 Å². The molecule has 1 unspecified atom stereocenters. The molecule has 6 heteroatoms. The van der Waals surface area contributed by atoms with Gasteiger partial charge in [0.2, 0.25) is 0 Å². The number of hydrogen-bond acceptors (Lipinski definition) is 5. The minimum Gasteiger partial charge on any atom is -0.497 e. The van der Waals surface area contributed by atoms with Crippen molar-refractivity contribution in [3.05, 3.63) is 92.1 Å². The summed E-state index contributed by atoms with van der Waals surface area (Å²) in [6, 6.07) is 20.9. The summed E-state index contributed by atoms with van der Waals surface area (Å²) in [5.41, 5.74) is 4.89. The topological polar surface area (TPSA) is 44.8 Å². The van der Waals surface area contributed by atoms with E-state index in [0.29, 0.717) is 17.4 Å². The molecule has 3 aromatic rings. The fourth-order valence-electron chi connectivity index (χ4n) is 5.45. The number of rotatable bonds is 15. The van der Waals surface area contributed by atoms with Crippen LogP contribution in [-0.4, -0.2) is 20.2 Å². The summed E-state index contributed by atoms with van der Waals surface area (Å²) in [6.45, 7) is 2.81. The van der Waals surface area contributed by atoms with Gasteiger partial charge in [0.05, 0.1) is 26.9 Å². The SMILES string of the molecule is CCCCC[C@H](OCc1ccc(OC)cc1)c1ccc(C2=C(Cl)CCC2CCCc2ccc(C(=O)OC)s2)cc1. The Morgan fingerprint density at radius 3 is 2.48 bits per heavy atom. The van der Waals surface area contributed by atoms with Gasteiger partial charge in [-0.3, -0.25) is 0 Å². The van der Waals surface area contributed by atoms with E-state index in [-0.39, 0.29) is 12.1 Å². The van der Waals surface area contributed by atoms with Gasteiger partial charge < -0.3 is 14.2 Å². The first-order chi connectivity index (χ1) is 19.5. The lowest BCUT2D eigenvalue weighted by molar-refractivity contribution is 0.0322. The molecule has 4 nitrogen and oxygen atoms in total. The highest BCUT2D eigenvalue weighted by atomic mass is 35.5. The fraction of sp³-hybridized carbons (Fsp3) is 0.441. The van der Waals surface area contributed by atoms with Crippen LogP contribution >= 0.6 is 22.9 Å². The van der Waals surface area contributed by atoms with Gasteiger partial charge in [-0.15, -0.1) is 11.3 Å². The van der Waals surface area contributed by atoms with Crippen LogP contribution in [-0.2, 0) is 22.5 Å². The molecule has 0 bridgehead atoms. The second kappa shape index (κ2) is 15.4. The van der Waals surface area contributed by atoms with Crippen molar-refractivity contribution >= 4 is 34.5 Å². The predicted octanol–water partition coefficient (Wildman–Crippen LogP) is 9.76. The Labute approximate surface area is 248 Å². The molecule has 0 saturated carbocycles. The number of aryl methyl sites for hydroxylation is 1. The van der Waals surface area contributed by atoms with Crippen LogP contribution in [0.25, 0.3) is 5.57 Å². The quantitative estimate of drug-likeness (QED) is 0.132. The van der Waals surface area contributed by atoms with Crippen molar-refractivity contribution in [2.45, 2.75) is 77.4 Å². The van der Waals surface area contributed by atoms with Gasteiger partial charge in [0.25, 0.3) is 0 Å². The Bertz CT molecular complexity index is 1250. The van der Waals surface area contributed by atoms with Crippen molar-refractivity contribution in [2.24, 2.45) is 5.92 Å². The Morgan fingerprint density at radius 1 is 1.00 bits per heavy atom. The summed E-state index contributed by atoms with van der Waals surface area (Å²) in [6.07, 6.45) is 9.78. The number of hydrogen-bond donors (Lipinski definition) is 0. The van der Waals surface area contributed by atoms with Crippen molar-refractivity contribution in [3.63, 3.8) is 0 Å². The highest BCUT2D eigenvalue weighted by Gasteiger charge is 2.26. The Balaban J connectivity index is 1.38. The lowest BCUT2D eigenvalue weighted by Crippen LogP contribution is -2.06. The highest BCUT2D eigenvalue weighted by Crippen LogP contribution is 2.43. The Kier molecular flexibility index (Phi) is 11.7. The van der Waals surface area contributed by atoms with Crippen LogP contribution in [0.5, 0.6) is 5.75 Å². The number of ether oxygens (including phenoxy) is 3. The maximum Gasteiger partial charge on any atom is 0.348 e. The largest absolute Gasteiger partial charge is 0.497 e. The molecule has 40 heavy (non-hydrogen) atoms. The fourth-order valence-corrected chi connectivity index (χ4v) is 6.79. The Morgan fingerprint density at radius 2 is 1.77 bits per heavy atom. The van der Waals surface area contributed by atoms with Crippen LogP contribution in [0.2, 0.25) is 0 Å². The standard InChI is InChI=1S/C34H41ClO4S/c1-4-5-6-10-31(39-23-24-11-18-28(37-2)19-12-24)25-13-15-27(16-14-25)33-26(17-21-30(33)35)8-7-9-29-20-22-32(40-29)34(36)38-3/h11-16,18-20,22,26,31H,4-10,17,21,23H2,1-3H3/t26?,31-/m0/s1. The number of halogens is 1. The summed E-state index contributed by atoms with van der Waals surface area (Å²) >= 11 is 8.31. The summed E-state index contributed by atoms with van der Waals surface area (Å²) in [4.78, 5) is 13.7. The average molecular weight is 581 g/mol. The van der Waals surface area contributed by atoms with Gasteiger partial charge in [0, 0.05) is 9.91 Å². The van der Waals surface area contributed by atoms with E-state index in [4.69, 9.17) is 25.8 Å². The second-order valence-electron chi connectivity index (χ2n) is 10.5. The van der Waals surface area contributed by atoms with Gasteiger partial charge in [0.15, 0.2) is 0 Å². The molecule has 0 spiro atoms. The van der Waals surface area contributed by atoms with E-state index in [2.05, 4.69) is 43.3 Å². The minimum absolute atomic E-state index is 0.0622. The zero-order chi connectivity index (χ0) is 28.3. The van der Waals surface area contributed by atoms with Crippen molar-refractivity contribution in [2.75, 3.05) is 14.2 Å². The molecular formula is C34H41ClO4S. The van der Waals surface area contributed by atoms with Crippen molar-refractivity contribution < 1.29 is 19.0 Å². The number of carbonyl (C=O) groups excluding carboxylic acids is 1. The van der Waals surface area contributed by atoms with E-state index in [0.717, 1.165) is 61.3 Å². The molecule has 0 saturated heterocycles. The average Bonchev–Trinajstić information content (AvgIpc) is 3.61. The summed E-state index contributed by atoms with van der Waals surface area (Å²) < 4.78 is 16.6. The molecule has 0 amide bonds. The molecule has 214 valence electrons. The lowest BCUT2D eigenvalue weighted by Gasteiger charge is -2.20. The maximum atomic E-state index is 11.8. The van der Waals surface area contributed by atoms with E-state index in [1.54, 1.807) is 7.11 Å². The molecule has 0 N–H and O–H groups in total. The van der Waals surface area contributed by atoms with Gasteiger partial charge in [-0.05, 0) is 91.0 Å². The third-order valence-corrected chi connectivity index (χ3v) is 9.23. The summed E-state index contributed by atoms with van der Waals surface area (Å²) in [5.74, 6) is 1.06. The first-order valence-electron chi connectivity index (χ1n) is 14.4. The Hall–Kier alpha value is -2.60. The molecule has 2 aromatic carbocycles. The van der Waals surface area contributed by atoms with Gasteiger partial charge in [-0.25, -0.2) is 4.79 Å². The van der Waals surface area contributed by atoms with E-state index in [9.17, 15) is 4.79 Å². The molecule has 4 rings (SSSR count). The molecular weight excluding hydrogens is 540 g/mol. The number of thiophene rings is 1. The van der Waals surface area contributed by atoms with E-state index >= 15 is 0 Å². The molecule has 1 aliphatic rings. The summed E-state index contributed by atoms with van der Waals surface area (Å²) in [5, 5.41) is 0.997. The van der Waals surface area contributed by atoms with Gasteiger partial charge in [-0.2, -0.15) is 0 Å². The number of unbranched alkanes of at least 4 members (excludes halogenated alkanes) is 2. The first kappa shape index (κ1) is 30.4. The van der Waals surface area contributed by atoms with Crippen LogP contribution in [0.4, 0.5) is 0 Å². The maximum absolute atomic E-state index is 11.8. The zero-order valence-corrected chi connectivity index (χ0v) is 25.5. The third kappa shape index (κ3) is 8.22. The van der Waals surface area contributed by atoms with Crippen LogP contribution in [0.1, 0.15) is 95.6 Å². The number of carbonyl (C=O) groups is 1. The van der Waals surface area contributed by atoms with Crippen molar-refractivity contribution in [1.29, 1.82) is 0 Å². The predicted molar refractivity (Wildman–Crippen MR) is 165 cm³/mol. The molecule has 0 aliphatic heterocycles.